The first-order valence-electron chi connectivity index (χ1n) is 8.58. The normalized spacial score (nSPS) is 10.8. The number of benzene rings is 2. The highest BCUT2D eigenvalue weighted by molar-refractivity contribution is 7.13. The number of aromatic nitrogens is 1. The molecule has 0 atom stereocenters. The van der Waals surface area contributed by atoms with Crippen molar-refractivity contribution >= 4 is 23.1 Å². The fourth-order valence-corrected chi connectivity index (χ4v) is 3.38. The van der Waals surface area contributed by atoms with Gasteiger partial charge in [-0.25, -0.2) is 9.78 Å². The number of amides is 1. The lowest BCUT2D eigenvalue weighted by atomic mass is 10.1. The maximum Gasteiger partial charge on any atom is 0.411 e. The van der Waals surface area contributed by atoms with Crippen molar-refractivity contribution in [2.45, 2.75) is 20.8 Å². The number of nitrogens with one attached hydrogen (secondary N) is 1. The van der Waals surface area contributed by atoms with Crippen LogP contribution in [0.15, 0.2) is 53.9 Å². The smallest absolute Gasteiger partial charge is 0.411 e. The first-order valence-corrected chi connectivity index (χ1v) is 9.46. The number of hydrogen-bond acceptors (Lipinski definition) is 4. The second kappa shape index (κ2) is 8.15. The van der Waals surface area contributed by atoms with Gasteiger partial charge in [-0.1, -0.05) is 50.2 Å². The van der Waals surface area contributed by atoms with Crippen LogP contribution in [-0.2, 0) is 4.74 Å². The van der Waals surface area contributed by atoms with E-state index >= 15 is 0 Å². The Morgan fingerprint density at radius 2 is 1.88 bits per heavy atom. The standard InChI is InChI=1S/C21H22N2O2S/c1-14(2)12-25-21(24)22-17-10-8-16(9-11-17)19-13-26-20(23-19)18-7-5-4-6-15(18)3/h4-11,13-14H,12H2,1-3H3,(H,22,24). The zero-order valence-corrected chi connectivity index (χ0v) is 16.0. The summed E-state index contributed by atoms with van der Waals surface area (Å²) >= 11 is 1.63. The van der Waals surface area contributed by atoms with Crippen LogP contribution in [0.3, 0.4) is 0 Å². The van der Waals surface area contributed by atoms with Gasteiger partial charge in [-0.15, -0.1) is 11.3 Å². The quantitative estimate of drug-likeness (QED) is 0.603. The lowest BCUT2D eigenvalue weighted by Crippen LogP contribution is -2.16. The number of anilines is 1. The van der Waals surface area contributed by atoms with Crippen LogP contribution in [0.1, 0.15) is 19.4 Å². The second-order valence-electron chi connectivity index (χ2n) is 6.55. The summed E-state index contributed by atoms with van der Waals surface area (Å²) < 4.78 is 5.13. The van der Waals surface area contributed by atoms with Crippen LogP contribution in [0, 0.1) is 12.8 Å². The van der Waals surface area contributed by atoms with Gasteiger partial charge >= 0.3 is 6.09 Å². The molecule has 0 unspecified atom stereocenters. The van der Waals surface area contributed by atoms with E-state index in [1.165, 1.54) is 5.56 Å². The molecule has 0 aliphatic heterocycles. The van der Waals surface area contributed by atoms with Crippen LogP contribution in [0.25, 0.3) is 21.8 Å². The zero-order chi connectivity index (χ0) is 18.5. The third-order valence-corrected chi connectivity index (χ3v) is 4.73. The van der Waals surface area contributed by atoms with Crippen molar-refractivity contribution in [2.24, 2.45) is 5.92 Å². The largest absolute Gasteiger partial charge is 0.449 e. The molecule has 1 amide bonds. The van der Waals surface area contributed by atoms with Gasteiger partial charge in [0.1, 0.15) is 5.01 Å². The molecule has 0 aliphatic rings. The van der Waals surface area contributed by atoms with Gasteiger partial charge in [-0.3, -0.25) is 5.32 Å². The van der Waals surface area contributed by atoms with E-state index in [0.29, 0.717) is 18.2 Å². The molecule has 1 N–H and O–H groups in total. The molecule has 0 bridgehead atoms. The average Bonchev–Trinajstić information content (AvgIpc) is 3.11. The summed E-state index contributed by atoms with van der Waals surface area (Å²) in [7, 11) is 0. The van der Waals surface area contributed by atoms with Crippen molar-refractivity contribution < 1.29 is 9.53 Å². The summed E-state index contributed by atoms with van der Waals surface area (Å²) in [6, 6.07) is 15.9. The maximum absolute atomic E-state index is 11.7. The topological polar surface area (TPSA) is 51.2 Å². The van der Waals surface area contributed by atoms with E-state index in [1.54, 1.807) is 11.3 Å². The van der Waals surface area contributed by atoms with Crippen molar-refractivity contribution in [1.82, 2.24) is 4.98 Å². The van der Waals surface area contributed by atoms with Gasteiger partial charge in [0, 0.05) is 22.2 Å². The Hall–Kier alpha value is -2.66. The number of rotatable bonds is 5. The highest BCUT2D eigenvalue weighted by Crippen LogP contribution is 2.31. The number of ether oxygens (including phenoxy) is 1. The SMILES string of the molecule is Cc1ccccc1-c1nc(-c2ccc(NC(=O)OCC(C)C)cc2)cs1. The summed E-state index contributed by atoms with van der Waals surface area (Å²) in [6.45, 7) is 6.50. The third-order valence-electron chi connectivity index (χ3n) is 3.85. The van der Waals surface area contributed by atoms with Crippen LogP contribution in [0.5, 0.6) is 0 Å². The van der Waals surface area contributed by atoms with E-state index in [-0.39, 0.29) is 0 Å². The summed E-state index contributed by atoms with van der Waals surface area (Å²) in [5.74, 6) is 0.315. The van der Waals surface area contributed by atoms with E-state index in [4.69, 9.17) is 9.72 Å². The molecular weight excluding hydrogens is 344 g/mol. The van der Waals surface area contributed by atoms with Crippen LogP contribution < -0.4 is 5.32 Å². The van der Waals surface area contributed by atoms with E-state index in [1.807, 2.05) is 50.2 Å². The van der Waals surface area contributed by atoms with Gasteiger partial charge in [0.05, 0.1) is 12.3 Å². The minimum atomic E-state index is -0.429. The van der Waals surface area contributed by atoms with Gasteiger partial charge in [0.2, 0.25) is 0 Å². The van der Waals surface area contributed by atoms with E-state index in [0.717, 1.165) is 21.8 Å². The molecule has 1 aromatic heterocycles. The number of thiazole rings is 1. The Morgan fingerprint density at radius 3 is 2.58 bits per heavy atom. The number of aryl methyl sites for hydroxylation is 1. The van der Waals surface area contributed by atoms with Crippen LogP contribution in [0.4, 0.5) is 10.5 Å². The molecule has 3 rings (SSSR count). The molecule has 1 heterocycles. The minimum Gasteiger partial charge on any atom is -0.449 e. The van der Waals surface area contributed by atoms with Gasteiger partial charge in [0.15, 0.2) is 0 Å². The van der Waals surface area contributed by atoms with Crippen molar-refractivity contribution in [3.8, 4) is 21.8 Å². The van der Waals surface area contributed by atoms with Crippen LogP contribution in [0.2, 0.25) is 0 Å². The highest BCUT2D eigenvalue weighted by Gasteiger charge is 2.09. The van der Waals surface area contributed by atoms with E-state index in [9.17, 15) is 4.79 Å². The van der Waals surface area contributed by atoms with Crippen molar-refractivity contribution in [2.75, 3.05) is 11.9 Å². The fourth-order valence-electron chi connectivity index (χ4n) is 2.46. The molecule has 3 aromatic rings. The van der Waals surface area contributed by atoms with Crippen molar-refractivity contribution in [3.63, 3.8) is 0 Å². The van der Waals surface area contributed by atoms with Gasteiger partial charge in [-0.05, 0) is 30.5 Å². The zero-order valence-electron chi connectivity index (χ0n) is 15.2. The lowest BCUT2D eigenvalue weighted by Gasteiger charge is -2.09. The molecular formula is C21H22N2O2S. The Morgan fingerprint density at radius 1 is 1.15 bits per heavy atom. The minimum absolute atomic E-state index is 0.315. The molecule has 2 aromatic carbocycles. The summed E-state index contributed by atoms with van der Waals surface area (Å²) in [4.78, 5) is 16.5. The number of hydrogen-bond donors (Lipinski definition) is 1. The molecule has 0 aliphatic carbocycles. The maximum atomic E-state index is 11.7. The Kier molecular flexibility index (Phi) is 5.68. The summed E-state index contributed by atoms with van der Waals surface area (Å²) in [6.07, 6.45) is -0.429. The highest BCUT2D eigenvalue weighted by atomic mass is 32.1. The van der Waals surface area contributed by atoms with Crippen LogP contribution >= 0.6 is 11.3 Å². The second-order valence-corrected chi connectivity index (χ2v) is 7.41. The number of carbonyl (C=O) groups excluding carboxylic acids is 1. The molecule has 0 spiro atoms. The van der Waals surface area contributed by atoms with Crippen molar-refractivity contribution in [3.05, 3.63) is 59.5 Å². The molecule has 0 saturated heterocycles. The molecule has 0 saturated carbocycles. The Balaban J connectivity index is 1.70. The van der Waals surface area contributed by atoms with Crippen molar-refractivity contribution in [1.29, 1.82) is 0 Å². The van der Waals surface area contributed by atoms with Gasteiger partial charge in [-0.2, -0.15) is 0 Å². The molecule has 134 valence electrons. The molecule has 26 heavy (non-hydrogen) atoms. The molecule has 0 fully saturated rings. The fraction of sp³-hybridized carbons (Fsp3) is 0.238. The van der Waals surface area contributed by atoms with E-state index in [2.05, 4.69) is 29.8 Å². The van der Waals surface area contributed by atoms with Gasteiger partial charge < -0.3 is 4.74 Å². The summed E-state index contributed by atoms with van der Waals surface area (Å²) in [5.41, 5.74) is 5.03. The predicted molar refractivity (Wildman–Crippen MR) is 108 cm³/mol. The Labute approximate surface area is 157 Å². The summed E-state index contributed by atoms with van der Waals surface area (Å²) in [5, 5.41) is 5.80. The first kappa shape index (κ1) is 18.1. The average molecular weight is 366 g/mol. The number of nitrogens with zero attached hydrogens (tertiary/aromatic N) is 1. The molecule has 5 heteroatoms. The monoisotopic (exact) mass is 366 g/mol. The Bertz CT molecular complexity index is 885. The lowest BCUT2D eigenvalue weighted by molar-refractivity contribution is 0.147. The van der Waals surface area contributed by atoms with Crippen LogP contribution in [-0.4, -0.2) is 17.7 Å². The first-order chi connectivity index (χ1) is 12.5. The molecule has 4 nitrogen and oxygen atoms in total. The predicted octanol–water partition coefficient (Wildman–Crippen LogP) is 5.99. The third kappa shape index (κ3) is 4.49. The molecule has 0 radical (unpaired) electrons. The number of carbonyl (C=O) groups is 1. The van der Waals surface area contributed by atoms with E-state index < -0.39 is 6.09 Å². The van der Waals surface area contributed by atoms with Gasteiger partial charge in [0.25, 0.3) is 0 Å².